The van der Waals surface area contributed by atoms with Crippen LogP contribution in [0.3, 0.4) is 0 Å². The third kappa shape index (κ3) is 2.43. The van der Waals surface area contributed by atoms with Gasteiger partial charge in [0.05, 0.1) is 0 Å². The Labute approximate surface area is 80.8 Å². The summed E-state index contributed by atoms with van der Waals surface area (Å²) in [5, 5.41) is 0. The maximum Gasteiger partial charge on any atom is 0.274 e. The summed E-state index contributed by atoms with van der Waals surface area (Å²) >= 11 is 0. The Bertz CT molecular complexity index is 330. The van der Waals surface area contributed by atoms with Crippen LogP contribution < -0.4 is 16.0 Å². The number of carbonyl (C=O) groups is 1. The van der Waals surface area contributed by atoms with Gasteiger partial charge in [0.1, 0.15) is 0 Å². The molecule has 0 aliphatic heterocycles. The van der Waals surface area contributed by atoms with E-state index in [4.69, 9.17) is 10.6 Å². The van der Waals surface area contributed by atoms with Gasteiger partial charge in [-0.05, 0) is 19.1 Å². The largest absolute Gasteiger partial charge is 0.478 e. The highest BCUT2D eigenvalue weighted by Crippen LogP contribution is 2.16. The second kappa shape index (κ2) is 4.57. The Morgan fingerprint density at radius 2 is 2.21 bits per heavy atom. The maximum absolute atomic E-state index is 13.0. The van der Waals surface area contributed by atoms with Gasteiger partial charge in [-0.3, -0.25) is 10.2 Å². The topological polar surface area (TPSA) is 64.3 Å². The minimum absolute atomic E-state index is 0.0311. The highest BCUT2D eigenvalue weighted by Gasteiger charge is 2.14. The first-order valence-corrected chi connectivity index (χ1v) is 4.06. The third-order valence-corrected chi connectivity index (χ3v) is 1.65. The van der Waals surface area contributed by atoms with Crippen LogP contribution in [0.1, 0.15) is 6.92 Å². The van der Waals surface area contributed by atoms with E-state index >= 15 is 0 Å². The smallest absolute Gasteiger partial charge is 0.274 e. The first-order valence-electron chi connectivity index (χ1n) is 4.06. The number of hydrogen-bond donors (Lipinski definition) is 2. The lowest BCUT2D eigenvalue weighted by molar-refractivity contribution is -0.127. The van der Waals surface area contributed by atoms with Gasteiger partial charge in [0, 0.05) is 0 Å². The van der Waals surface area contributed by atoms with Crippen LogP contribution in [0.2, 0.25) is 0 Å². The Balaban J connectivity index is 2.69. The van der Waals surface area contributed by atoms with Crippen molar-refractivity contribution in [2.75, 3.05) is 0 Å². The average molecular weight is 198 g/mol. The predicted octanol–water partition coefficient (Wildman–Crippen LogP) is 0.583. The zero-order valence-corrected chi connectivity index (χ0v) is 7.66. The summed E-state index contributed by atoms with van der Waals surface area (Å²) < 4.78 is 18.1. The predicted molar refractivity (Wildman–Crippen MR) is 48.8 cm³/mol. The van der Waals surface area contributed by atoms with Gasteiger partial charge in [-0.15, -0.1) is 0 Å². The lowest BCUT2D eigenvalue weighted by Gasteiger charge is -2.12. The standard InChI is InChI=1S/C9H11FN2O2/c1-6(9(13)12-11)14-8-5-3-2-4-7(8)10/h2-6H,11H2,1H3,(H,12,13)/t6-/m0/s1. The van der Waals surface area contributed by atoms with Crippen molar-refractivity contribution in [1.82, 2.24) is 5.43 Å². The molecular weight excluding hydrogens is 187 g/mol. The number of amides is 1. The Morgan fingerprint density at radius 1 is 1.57 bits per heavy atom. The van der Waals surface area contributed by atoms with Crippen molar-refractivity contribution in [2.24, 2.45) is 5.84 Å². The van der Waals surface area contributed by atoms with Crippen molar-refractivity contribution < 1.29 is 13.9 Å². The number of nitrogens with two attached hydrogens (primary N) is 1. The summed E-state index contributed by atoms with van der Waals surface area (Å²) in [5.41, 5.74) is 1.92. The summed E-state index contributed by atoms with van der Waals surface area (Å²) in [6.45, 7) is 1.48. The molecule has 5 heteroatoms. The Hall–Kier alpha value is -1.62. The number of ether oxygens (including phenoxy) is 1. The lowest BCUT2D eigenvalue weighted by atomic mass is 10.3. The first-order chi connectivity index (χ1) is 6.65. The molecule has 76 valence electrons. The summed E-state index contributed by atoms with van der Waals surface area (Å²) in [6.07, 6.45) is -0.822. The number of hydrogen-bond acceptors (Lipinski definition) is 3. The monoisotopic (exact) mass is 198 g/mol. The summed E-state index contributed by atoms with van der Waals surface area (Å²) in [7, 11) is 0. The summed E-state index contributed by atoms with van der Waals surface area (Å²) in [6, 6.07) is 5.85. The molecule has 1 amide bonds. The normalized spacial score (nSPS) is 11.9. The maximum atomic E-state index is 13.0. The van der Waals surface area contributed by atoms with Gasteiger partial charge in [-0.25, -0.2) is 10.2 Å². The Morgan fingerprint density at radius 3 is 2.79 bits per heavy atom. The minimum Gasteiger partial charge on any atom is -0.478 e. The molecule has 0 aromatic heterocycles. The van der Waals surface area contributed by atoms with Gasteiger partial charge in [0.15, 0.2) is 17.7 Å². The van der Waals surface area contributed by atoms with Crippen LogP contribution in [0.15, 0.2) is 24.3 Å². The van der Waals surface area contributed by atoms with Crippen LogP contribution in [0.25, 0.3) is 0 Å². The molecule has 4 nitrogen and oxygen atoms in total. The molecule has 0 fully saturated rings. The van der Waals surface area contributed by atoms with Crippen LogP contribution in [-0.4, -0.2) is 12.0 Å². The van der Waals surface area contributed by atoms with Crippen LogP contribution in [0.4, 0.5) is 4.39 Å². The molecule has 14 heavy (non-hydrogen) atoms. The number of carbonyl (C=O) groups excluding carboxylic acids is 1. The molecule has 0 saturated carbocycles. The van der Waals surface area contributed by atoms with E-state index in [1.165, 1.54) is 25.1 Å². The number of halogens is 1. The van der Waals surface area contributed by atoms with Gasteiger partial charge >= 0.3 is 0 Å². The average Bonchev–Trinajstić information content (AvgIpc) is 2.20. The fraction of sp³-hybridized carbons (Fsp3) is 0.222. The van der Waals surface area contributed by atoms with E-state index in [0.29, 0.717) is 0 Å². The van der Waals surface area contributed by atoms with Gasteiger partial charge < -0.3 is 4.74 Å². The molecule has 0 aliphatic carbocycles. The fourth-order valence-corrected chi connectivity index (χ4v) is 0.902. The van der Waals surface area contributed by atoms with Crippen LogP contribution in [0.5, 0.6) is 5.75 Å². The zero-order valence-electron chi connectivity index (χ0n) is 7.66. The number of hydrazine groups is 1. The highest BCUT2D eigenvalue weighted by atomic mass is 19.1. The molecule has 1 rings (SSSR count). The van der Waals surface area contributed by atoms with Crippen molar-refractivity contribution in [3.05, 3.63) is 30.1 Å². The van der Waals surface area contributed by atoms with E-state index in [1.807, 2.05) is 5.43 Å². The van der Waals surface area contributed by atoms with E-state index < -0.39 is 17.8 Å². The summed E-state index contributed by atoms with van der Waals surface area (Å²) in [5.74, 6) is 3.91. The molecule has 1 aromatic carbocycles. The number of rotatable bonds is 3. The van der Waals surface area contributed by atoms with Gasteiger partial charge in [-0.2, -0.15) is 0 Å². The van der Waals surface area contributed by atoms with Crippen molar-refractivity contribution >= 4 is 5.91 Å². The zero-order chi connectivity index (χ0) is 10.6. The van der Waals surface area contributed by atoms with Gasteiger partial charge in [-0.1, -0.05) is 12.1 Å². The SMILES string of the molecule is C[C@H](Oc1ccccc1F)C(=O)NN. The van der Waals surface area contributed by atoms with E-state index in [0.717, 1.165) is 0 Å². The van der Waals surface area contributed by atoms with Crippen molar-refractivity contribution in [3.8, 4) is 5.75 Å². The fourth-order valence-electron chi connectivity index (χ4n) is 0.902. The second-order valence-electron chi connectivity index (χ2n) is 2.70. The van der Waals surface area contributed by atoms with Crippen molar-refractivity contribution in [1.29, 1.82) is 0 Å². The molecular formula is C9H11FN2O2. The number of nitrogens with one attached hydrogen (secondary N) is 1. The van der Waals surface area contributed by atoms with Crippen molar-refractivity contribution in [3.63, 3.8) is 0 Å². The minimum atomic E-state index is -0.822. The van der Waals surface area contributed by atoms with Gasteiger partial charge in [0.25, 0.3) is 5.91 Å². The number of para-hydroxylation sites is 1. The highest BCUT2D eigenvalue weighted by molar-refractivity contribution is 5.80. The number of benzene rings is 1. The quantitative estimate of drug-likeness (QED) is 0.424. The molecule has 1 aromatic rings. The molecule has 0 spiro atoms. The van der Waals surface area contributed by atoms with Crippen LogP contribution >= 0.6 is 0 Å². The molecule has 0 radical (unpaired) electrons. The van der Waals surface area contributed by atoms with E-state index in [2.05, 4.69) is 0 Å². The van der Waals surface area contributed by atoms with E-state index in [1.54, 1.807) is 6.07 Å². The van der Waals surface area contributed by atoms with Crippen LogP contribution in [0, 0.1) is 5.82 Å². The molecule has 0 unspecified atom stereocenters. The molecule has 0 saturated heterocycles. The molecule has 0 heterocycles. The van der Waals surface area contributed by atoms with E-state index in [-0.39, 0.29) is 5.75 Å². The van der Waals surface area contributed by atoms with E-state index in [9.17, 15) is 9.18 Å². The van der Waals surface area contributed by atoms with Crippen molar-refractivity contribution in [2.45, 2.75) is 13.0 Å². The molecule has 3 N–H and O–H groups in total. The first kappa shape index (κ1) is 10.5. The van der Waals surface area contributed by atoms with Crippen LogP contribution in [-0.2, 0) is 4.79 Å². The lowest BCUT2D eigenvalue weighted by Crippen LogP contribution is -2.40. The Kier molecular flexibility index (Phi) is 3.41. The molecule has 0 aliphatic rings. The second-order valence-corrected chi connectivity index (χ2v) is 2.70. The summed E-state index contributed by atoms with van der Waals surface area (Å²) in [4.78, 5) is 10.9. The third-order valence-electron chi connectivity index (χ3n) is 1.65. The molecule has 1 atom stereocenters. The molecule has 0 bridgehead atoms. The van der Waals surface area contributed by atoms with Gasteiger partial charge in [0.2, 0.25) is 0 Å².